The molecule has 2 aromatic carbocycles. The molecule has 0 aliphatic heterocycles. The zero-order valence-electron chi connectivity index (χ0n) is 19.4. The molecular weight excluding hydrogens is 402 g/mol. The molecule has 0 saturated carbocycles. The van der Waals surface area contributed by atoms with Crippen LogP contribution in [-0.4, -0.2) is 35.3 Å². The standard InChI is InChI=1S/C25H31N5O2/c1-6-30-19(4)23(18(3)29-30)14-15-26-25(27-21-9-7-8-17(2)16-21)28-24(31)20-10-12-22(32-5)13-11-20/h7-13,16H,6,14-15H2,1-5H3,(H2,26,27,28,31). The van der Waals surface area contributed by atoms with Crippen molar-refractivity contribution < 1.29 is 9.53 Å². The third kappa shape index (κ3) is 5.75. The van der Waals surface area contributed by atoms with Gasteiger partial charge >= 0.3 is 0 Å². The number of aromatic nitrogens is 2. The van der Waals surface area contributed by atoms with Crippen LogP contribution in [0.1, 0.15) is 39.8 Å². The second-order valence-electron chi connectivity index (χ2n) is 7.62. The van der Waals surface area contributed by atoms with Crippen molar-refractivity contribution in [3.8, 4) is 5.75 Å². The molecule has 7 heteroatoms. The summed E-state index contributed by atoms with van der Waals surface area (Å²) in [5.74, 6) is 0.874. The van der Waals surface area contributed by atoms with Crippen LogP contribution in [0.3, 0.4) is 0 Å². The fourth-order valence-corrected chi connectivity index (χ4v) is 3.58. The monoisotopic (exact) mass is 433 g/mol. The van der Waals surface area contributed by atoms with Crippen LogP contribution in [0.5, 0.6) is 5.75 Å². The largest absolute Gasteiger partial charge is 0.497 e. The van der Waals surface area contributed by atoms with Crippen LogP contribution in [0.4, 0.5) is 5.69 Å². The molecule has 0 atom stereocenters. The number of guanidine groups is 1. The molecule has 168 valence electrons. The zero-order valence-corrected chi connectivity index (χ0v) is 19.4. The van der Waals surface area contributed by atoms with E-state index in [1.54, 1.807) is 31.4 Å². The Morgan fingerprint density at radius 1 is 1.12 bits per heavy atom. The van der Waals surface area contributed by atoms with Crippen LogP contribution in [0.25, 0.3) is 0 Å². The quantitative estimate of drug-likeness (QED) is 0.431. The van der Waals surface area contributed by atoms with E-state index in [1.165, 1.54) is 5.56 Å². The zero-order chi connectivity index (χ0) is 23.1. The fraction of sp³-hybridized carbons (Fsp3) is 0.320. The van der Waals surface area contributed by atoms with Gasteiger partial charge in [-0.25, -0.2) is 0 Å². The SMILES string of the molecule is CCn1nc(C)c(CCN=C(NC(=O)c2ccc(OC)cc2)Nc2cccc(C)c2)c1C. The normalized spacial score (nSPS) is 11.3. The number of rotatable bonds is 7. The minimum atomic E-state index is -0.238. The average molecular weight is 434 g/mol. The second-order valence-corrected chi connectivity index (χ2v) is 7.62. The Hall–Kier alpha value is -3.61. The molecule has 3 aromatic rings. The molecule has 7 nitrogen and oxygen atoms in total. The van der Waals surface area contributed by atoms with Crippen molar-refractivity contribution in [2.45, 2.75) is 40.7 Å². The molecule has 1 heterocycles. The van der Waals surface area contributed by atoms with Gasteiger partial charge in [0.05, 0.1) is 12.8 Å². The van der Waals surface area contributed by atoms with Gasteiger partial charge in [0.1, 0.15) is 5.75 Å². The number of amides is 1. The smallest absolute Gasteiger partial charge is 0.257 e. The first-order chi connectivity index (χ1) is 15.4. The number of hydrogen-bond donors (Lipinski definition) is 2. The third-order valence-electron chi connectivity index (χ3n) is 5.33. The highest BCUT2D eigenvalue weighted by Gasteiger charge is 2.12. The number of ether oxygens (including phenoxy) is 1. The first-order valence-electron chi connectivity index (χ1n) is 10.8. The van der Waals surface area contributed by atoms with E-state index in [0.29, 0.717) is 23.8 Å². The number of nitrogens with one attached hydrogen (secondary N) is 2. The van der Waals surface area contributed by atoms with Gasteiger partial charge < -0.3 is 10.1 Å². The number of hydrogen-bond acceptors (Lipinski definition) is 4. The molecular formula is C25H31N5O2. The molecule has 3 rings (SSSR count). The lowest BCUT2D eigenvalue weighted by atomic mass is 10.1. The molecule has 0 saturated heterocycles. The number of aliphatic imine (C=N–C) groups is 1. The summed E-state index contributed by atoms with van der Waals surface area (Å²) in [6, 6.07) is 14.9. The summed E-state index contributed by atoms with van der Waals surface area (Å²) in [4.78, 5) is 17.5. The van der Waals surface area contributed by atoms with Gasteiger partial charge in [-0.15, -0.1) is 0 Å². The summed E-state index contributed by atoms with van der Waals surface area (Å²) in [6.07, 6.45) is 0.745. The maximum Gasteiger partial charge on any atom is 0.257 e. The van der Waals surface area contributed by atoms with Crippen LogP contribution >= 0.6 is 0 Å². The van der Waals surface area contributed by atoms with Gasteiger partial charge in [0.2, 0.25) is 5.96 Å². The maximum atomic E-state index is 12.8. The summed E-state index contributed by atoms with van der Waals surface area (Å²) in [7, 11) is 1.60. The van der Waals surface area contributed by atoms with Crippen molar-refractivity contribution >= 4 is 17.6 Å². The van der Waals surface area contributed by atoms with E-state index in [4.69, 9.17) is 4.74 Å². The Morgan fingerprint density at radius 2 is 1.88 bits per heavy atom. The fourth-order valence-electron chi connectivity index (χ4n) is 3.58. The Bertz CT molecular complexity index is 1100. The van der Waals surface area contributed by atoms with Gasteiger partial charge in [0, 0.05) is 30.0 Å². The molecule has 1 aromatic heterocycles. The average Bonchev–Trinajstić information content (AvgIpc) is 3.06. The second kappa shape index (κ2) is 10.6. The summed E-state index contributed by atoms with van der Waals surface area (Å²) >= 11 is 0. The third-order valence-corrected chi connectivity index (χ3v) is 5.33. The van der Waals surface area contributed by atoms with E-state index in [0.717, 1.165) is 35.6 Å². The highest BCUT2D eigenvalue weighted by molar-refractivity contribution is 6.10. The molecule has 32 heavy (non-hydrogen) atoms. The van der Waals surface area contributed by atoms with E-state index in [9.17, 15) is 4.79 Å². The lowest BCUT2D eigenvalue weighted by Gasteiger charge is -2.13. The van der Waals surface area contributed by atoms with Crippen LogP contribution in [0.2, 0.25) is 0 Å². The molecule has 0 aliphatic carbocycles. The van der Waals surface area contributed by atoms with Crippen molar-refractivity contribution in [1.82, 2.24) is 15.1 Å². The van der Waals surface area contributed by atoms with Crippen molar-refractivity contribution in [3.05, 3.63) is 76.6 Å². The Labute approximate surface area is 189 Å². The van der Waals surface area contributed by atoms with Gasteiger partial charge in [0.15, 0.2) is 0 Å². The minimum absolute atomic E-state index is 0.238. The number of benzene rings is 2. The summed E-state index contributed by atoms with van der Waals surface area (Å²) < 4.78 is 7.18. The molecule has 0 aliphatic rings. The first-order valence-corrected chi connectivity index (χ1v) is 10.8. The van der Waals surface area contributed by atoms with Crippen LogP contribution in [0, 0.1) is 20.8 Å². The van der Waals surface area contributed by atoms with Crippen molar-refractivity contribution in [1.29, 1.82) is 0 Å². The first kappa shape index (κ1) is 23.1. The number of anilines is 1. The molecule has 0 spiro atoms. The van der Waals surface area contributed by atoms with E-state index in [1.807, 2.05) is 42.8 Å². The number of nitrogens with zero attached hydrogens (tertiary/aromatic N) is 3. The maximum absolute atomic E-state index is 12.8. The molecule has 0 bridgehead atoms. The summed E-state index contributed by atoms with van der Waals surface area (Å²) in [5.41, 5.74) is 5.90. The highest BCUT2D eigenvalue weighted by Crippen LogP contribution is 2.15. The van der Waals surface area contributed by atoms with Crippen LogP contribution in [-0.2, 0) is 13.0 Å². The number of carbonyl (C=O) groups excluding carboxylic acids is 1. The van der Waals surface area contributed by atoms with E-state index >= 15 is 0 Å². The van der Waals surface area contributed by atoms with Crippen molar-refractivity contribution in [3.63, 3.8) is 0 Å². The number of carbonyl (C=O) groups is 1. The Balaban J connectivity index is 1.78. The van der Waals surface area contributed by atoms with Gasteiger partial charge in [-0.3, -0.25) is 19.8 Å². The van der Waals surface area contributed by atoms with E-state index in [2.05, 4.69) is 34.6 Å². The minimum Gasteiger partial charge on any atom is -0.497 e. The topological polar surface area (TPSA) is 80.5 Å². The van der Waals surface area contributed by atoms with Gasteiger partial charge in [-0.2, -0.15) is 5.10 Å². The van der Waals surface area contributed by atoms with Gasteiger partial charge in [-0.1, -0.05) is 12.1 Å². The lowest BCUT2D eigenvalue weighted by Crippen LogP contribution is -2.36. The molecule has 0 fully saturated rings. The highest BCUT2D eigenvalue weighted by atomic mass is 16.5. The van der Waals surface area contributed by atoms with Gasteiger partial charge in [-0.05, 0) is 81.6 Å². The van der Waals surface area contributed by atoms with Crippen molar-refractivity contribution in [2.24, 2.45) is 4.99 Å². The molecule has 0 unspecified atom stereocenters. The predicted molar refractivity (Wildman–Crippen MR) is 129 cm³/mol. The van der Waals surface area contributed by atoms with Crippen LogP contribution < -0.4 is 15.4 Å². The number of aryl methyl sites for hydroxylation is 3. The summed E-state index contributed by atoms with van der Waals surface area (Å²) in [6.45, 7) is 9.58. The van der Waals surface area contributed by atoms with Crippen LogP contribution in [0.15, 0.2) is 53.5 Å². The van der Waals surface area contributed by atoms with E-state index in [-0.39, 0.29) is 5.91 Å². The molecule has 1 amide bonds. The van der Waals surface area contributed by atoms with E-state index < -0.39 is 0 Å². The number of methoxy groups -OCH3 is 1. The molecule has 2 N–H and O–H groups in total. The molecule has 0 radical (unpaired) electrons. The van der Waals surface area contributed by atoms with Crippen molar-refractivity contribution in [2.75, 3.05) is 19.0 Å². The summed E-state index contributed by atoms with van der Waals surface area (Å²) in [5, 5.41) is 10.7. The predicted octanol–water partition coefficient (Wildman–Crippen LogP) is 4.28. The van der Waals surface area contributed by atoms with Gasteiger partial charge in [0.25, 0.3) is 5.91 Å². The Morgan fingerprint density at radius 3 is 2.50 bits per heavy atom. The lowest BCUT2D eigenvalue weighted by molar-refractivity contribution is 0.0977. The Kier molecular flexibility index (Phi) is 7.65.